The Bertz CT molecular complexity index is 1350. The number of halogens is 1. The highest BCUT2D eigenvalue weighted by atomic mass is 35.5. The number of carbonyl (C=O) groups excluding carboxylic acids is 4. The van der Waals surface area contributed by atoms with Crippen molar-refractivity contribution in [1.82, 2.24) is 0 Å². The van der Waals surface area contributed by atoms with E-state index in [9.17, 15) is 24.3 Å². The molecule has 1 heterocycles. The topological polar surface area (TPSA) is 144 Å². The summed E-state index contributed by atoms with van der Waals surface area (Å²) >= 11 is 6.57. The van der Waals surface area contributed by atoms with Crippen LogP contribution in [0.2, 0.25) is 5.02 Å². The number of hydrogen-bond donors (Lipinski definition) is 1. The molecular weight excluding hydrogens is 596 g/mol. The first kappa shape index (κ1) is 33.2. The summed E-state index contributed by atoms with van der Waals surface area (Å²) in [5.41, 5.74) is 1.63. The molecule has 0 spiro atoms. The minimum atomic E-state index is -2.45. The van der Waals surface area contributed by atoms with Gasteiger partial charge < -0.3 is 33.5 Å². The van der Waals surface area contributed by atoms with Crippen LogP contribution in [-0.4, -0.2) is 66.1 Å². The highest BCUT2D eigenvalue weighted by Gasteiger charge is 2.60. The van der Waals surface area contributed by atoms with E-state index in [0.717, 1.165) is 44.9 Å². The van der Waals surface area contributed by atoms with E-state index < -0.39 is 60.7 Å². The van der Waals surface area contributed by atoms with Crippen LogP contribution < -0.4 is 4.74 Å². The van der Waals surface area contributed by atoms with Crippen LogP contribution in [0.5, 0.6) is 5.75 Å². The molecule has 1 saturated heterocycles. The van der Waals surface area contributed by atoms with Crippen LogP contribution >= 0.6 is 11.6 Å². The summed E-state index contributed by atoms with van der Waals surface area (Å²) in [4.78, 5) is 48.1. The van der Waals surface area contributed by atoms with E-state index in [4.69, 9.17) is 40.0 Å². The van der Waals surface area contributed by atoms with Gasteiger partial charge in [-0.3, -0.25) is 19.2 Å². The van der Waals surface area contributed by atoms with Crippen LogP contribution in [0.25, 0.3) is 0 Å². The maximum Gasteiger partial charge on any atom is 0.303 e. The first-order chi connectivity index (χ1) is 20.9. The largest absolute Gasteiger partial charge is 0.490 e. The molecule has 1 unspecified atom stereocenters. The summed E-state index contributed by atoms with van der Waals surface area (Å²) in [6.07, 6.45) is -0.928. The van der Waals surface area contributed by atoms with Crippen molar-refractivity contribution in [3.63, 3.8) is 0 Å². The predicted octanol–water partition coefficient (Wildman–Crippen LogP) is 4.15. The minimum Gasteiger partial charge on any atom is -0.490 e. The molecule has 11 nitrogen and oxygen atoms in total. The third kappa shape index (κ3) is 8.28. The Labute approximate surface area is 260 Å². The fourth-order valence-corrected chi connectivity index (χ4v) is 5.73. The molecule has 2 fully saturated rings. The Morgan fingerprint density at radius 1 is 0.864 bits per heavy atom. The van der Waals surface area contributed by atoms with Crippen LogP contribution in [0, 0.1) is 0 Å². The molecule has 44 heavy (non-hydrogen) atoms. The molecule has 2 aliphatic rings. The molecule has 1 aliphatic heterocycles. The van der Waals surface area contributed by atoms with Crippen molar-refractivity contribution in [3.8, 4) is 5.75 Å². The van der Waals surface area contributed by atoms with Crippen molar-refractivity contribution in [2.75, 3.05) is 6.61 Å². The molecular formula is C32H37ClO11. The maximum atomic E-state index is 12.2. The molecule has 0 radical (unpaired) electrons. The van der Waals surface area contributed by atoms with Gasteiger partial charge in [0.2, 0.25) is 11.9 Å². The van der Waals surface area contributed by atoms with Gasteiger partial charge in [0.1, 0.15) is 18.5 Å². The van der Waals surface area contributed by atoms with Crippen molar-refractivity contribution in [1.29, 1.82) is 0 Å². The number of aliphatic hydroxyl groups is 1. The van der Waals surface area contributed by atoms with E-state index in [1.807, 2.05) is 24.3 Å². The first-order valence-corrected chi connectivity index (χ1v) is 14.8. The molecule has 2 aromatic carbocycles. The fraction of sp³-hybridized carbons (Fsp3) is 0.500. The van der Waals surface area contributed by atoms with Gasteiger partial charge in [-0.05, 0) is 67.5 Å². The molecule has 5 atom stereocenters. The second-order valence-electron chi connectivity index (χ2n) is 11.0. The Morgan fingerprint density at radius 3 is 2.07 bits per heavy atom. The van der Waals surface area contributed by atoms with Gasteiger partial charge in [-0.15, -0.1) is 0 Å². The van der Waals surface area contributed by atoms with Crippen LogP contribution in [-0.2, 0) is 55.1 Å². The standard InChI is InChI=1S/C32H37ClO11/c1-18(34)39-17-28-29(40-19(2)35)30(41-20(3)36)31(42-21(4)37)32(38,44-28)24-11-14-27(33)23(16-24)15-22-9-12-26(13-10-22)43-25-7-5-6-8-25/h9-14,16,25,28-31,38H,5-8,15,17H2,1-4H3/t28-,29-,30+,31-,32?/m1/s1. The number of benzene rings is 2. The lowest BCUT2D eigenvalue weighted by atomic mass is 9.86. The zero-order chi connectivity index (χ0) is 32.0. The van der Waals surface area contributed by atoms with E-state index in [1.54, 1.807) is 12.1 Å². The summed E-state index contributed by atoms with van der Waals surface area (Å²) in [5.74, 6) is -4.75. The summed E-state index contributed by atoms with van der Waals surface area (Å²) in [6.45, 7) is 4.02. The number of hydrogen-bond acceptors (Lipinski definition) is 11. The lowest BCUT2D eigenvalue weighted by molar-refractivity contribution is -0.360. The Morgan fingerprint density at radius 2 is 1.48 bits per heavy atom. The third-order valence-electron chi connectivity index (χ3n) is 7.44. The van der Waals surface area contributed by atoms with E-state index in [0.29, 0.717) is 17.0 Å². The molecule has 2 aromatic rings. The predicted molar refractivity (Wildman–Crippen MR) is 156 cm³/mol. The van der Waals surface area contributed by atoms with Crippen molar-refractivity contribution in [3.05, 3.63) is 64.2 Å². The Hall–Kier alpha value is -3.67. The molecule has 1 N–H and O–H groups in total. The van der Waals surface area contributed by atoms with Crippen molar-refractivity contribution < 1.29 is 52.7 Å². The normalized spacial score (nSPS) is 25.1. The van der Waals surface area contributed by atoms with Crippen molar-refractivity contribution in [2.24, 2.45) is 0 Å². The van der Waals surface area contributed by atoms with E-state index >= 15 is 0 Å². The molecule has 0 amide bonds. The number of carbonyl (C=O) groups is 4. The average Bonchev–Trinajstić information content (AvgIpc) is 3.46. The second kappa shape index (κ2) is 14.4. The Balaban J connectivity index is 1.70. The Kier molecular flexibility index (Phi) is 10.9. The smallest absolute Gasteiger partial charge is 0.303 e. The van der Waals surface area contributed by atoms with E-state index in [-0.39, 0.29) is 11.7 Å². The van der Waals surface area contributed by atoms with Crippen LogP contribution in [0.4, 0.5) is 0 Å². The number of rotatable bonds is 10. The monoisotopic (exact) mass is 632 g/mol. The summed E-state index contributed by atoms with van der Waals surface area (Å²) in [7, 11) is 0. The van der Waals surface area contributed by atoms with Gasteiger partial charge in [0.05, 0.1) is 6.10 Å². The molecule has 4 rings (SSSR count). The lowest BCUT2D eigenvalue weighted by Crippen LogP contribution is -2.66. The minimum absolute atomic E-state index is 0.107. The molecule has 238 valence electrons. The van der Waals surface area contributed by atoms with Gasteiger partial charge in [0.15, 0.2) is 12.2 Å². The van der Waals surface area contributed by atoms with Gasteiger partial charge >= 0.3 is 23.9 Å². The van der Waals surface area contributed by atoms with E-state index in [2.05, 4.69) is 0 Å². The number of ether oxygens (including phenoxy) is 6. The maximum absolute atomic E-state index is 12.2. The first-order valence-electron chi connectivity index (χ1n) is 14.5. The number of esters is 4. The third-order valence-corrected chi connectivity index (χ3v) is 7.80. The average molecular weight is 633 g/mol. The zero-order valence-electron chi connectivity index (χ0n) is 25.1. The van der Waals surface area contributed by atoms with Gasteiger partial charge in [-0.1, -0.05) is 29.8 Å². The quantitative estimate of drug-likeness (QED) is 0.298. The van der Waals surface area contributed by atoms with E-state index in [1.165, 1.54) is 25.8 Å². The molecule has 0 bridgehead atoms. The second-order valence-corrected chi connectivity index (χ2v) is 11.4. The zero-order valence-corrected chi connectivity index (χ0v) is 25.8. The molecule has 1 saturated carbocycles. The van der Waals surface area contributed by atoms with Crippen LogP contribution in [0.3, 0.4) is 0 Å². The molecule has 1 aliphatic carbocycles. The van der Waals surface area contributed by atoms with Gasteiger partial charge in [-0.25, -0.2) is 0 Å². The fourth-order valence-electron chi connectivity index (χ4n) is 5.55. The van der Waals surface area contributed by atoms with Gasteiger partial charge in [0.25, 0.3) is 0 Å². The lowest BCUT2D eigenvalue weighted by Gasteiger charge is -2.48. The molecule has 0 aromatic heterocycles. The van der Waals surface area contributed by atoms with Gasteiger partial charge in [0, 0.05) is 38.3 Å². The summed E-state index contributed by atoms with van der Waals surface area (Å²) < 4.78 is 33.6. The highest BCUT2D eigenvalue weighted by molar-refractivity contribution is 6.31. The van der Waals surface area contributed by atoms with Crippen LogP contribution in [0.15, 0.2) is 42.5 Å². The van der Waals surface area contributed by atoms with Crippen molar-refractivity contribution >= 4 is 35.5 Å². The molecule has 12 heteroatoms. The summed E-state index contributed by atoms with van der Waals surface area (Å²) in [5, 5.41) is 12.5. The SMILES string of the molecule is CC(=O)OC[C@H]1OC(O)(c2ccc(Cl)c(Cc3ccc(OC4CCCC4)cc3)c2)[C@H](OC(C)=O)[C@@H](OC(C)=O)[C@@H]1OC(C)=O. The summed E-state index contributed by atoms with van der Waals surface area (Å²) in [6, 6.07) is 12.3. The van der Waals surface area contributed by atoms with Gasteiger partial charge in [-0.2, -0.15) is 0 Å². The van der Waals surface area contributed by atoms with Crippen LogP contribution in [0.1, 0.15) is 70.1 Å². The van der Waals surface area contributed by atoms with Crippen molar-refractivity contribution in [2.45, 2.75) is 96.1 Å². The highest BCUT2D eigenvalue weighted by Crippen LogP contribution is 2.42.